The fourth-order valence-electron chi connectivity index (χ4n) is 1.85. The Balaban J connectivity index is 1.63. The summed E-state index contributed by atoms with van der Waals surface area (Å²) in [6.45, 7) is 5.81. The van der Waals surface area contributed by atoms with Gasteiger partial charge in [0.05, 0.1) is 22.8 Å². The zero-order chi connectivity index (χ0) is 14.8. The van der Waals surface area contributed by atoms with Crippen molar-refractivity contribution in [2.75, 3.05) is 0 Å². The van der Waals surface area contributed by atoms with Crippen molar-refractivity contribution in [3.63, 3.8) is 0 Å². The van der Waals surface area contributed by atoms with Gasteiger partial charge >= 0.3 is 0 Å². The Kier molecular flexibility index (Phi) is 4.07. The largest absolute Gasteiger partial charge is 0.416 e. The van der Waals surface area contributed by atoms with Crippen molar-refractivity contribution in [3.8, 4) is 0 Å². The van der Waals surface area contributed by atoms with Crippen molar-refractivity contribution >= 4 is 23.1 Å². The van der Waals surface area contributed by atoms with Gasteiger partial charge in [0.15, 0.2) is 0 Å². The van der Waals surface area contributed by atoms with Gasteiger partial charge in [-0.1, -0.05) is 16.9 Å². The van der Waals surface area contributed by atoms with Crippen LogP contribution in [0.25, 0.3) is 0 Å². The number of hydrogen-bond donors (Lipinski definition) is 0. The van der Waals surface area contributed by atoms with Crippen LogP contribution in [0, 0.1) is 20.8 Å². The van der Waals surface area contributed by atoms with E-state index in [0.29, 0.717) is 23.3 Å². The molecule has 0 saturated carbocycles. The molecule has 3 rings (SSSR count). The smallest absolute Gasteiger partial charge is 0.276 e. The number of hydrogen-bond acceptors (Lipinski definition) is 8. The molecule has 0 bridgehead atoms. The SMILES string of the molecule is Cc1nc(Cc2nnc(SCc3c(C)noc3C)o2)cs1. The Morgan fingerprint density at radius 3 is 2.76 bits per heavy atom. The molecular formula is C13H14N4O2S2. The van der Waals surface area contributed by atoms with Gasteiger partial charge in [-0.05, 0) is 20.8 Å². The fraction of sp³-hybridized carbons (Fsp3) is 0.385. The van der Waals surface area contributed by atoms with Crippen LogP contribution in [0.3, 0.4) is 0 Å². The summed E-state index contributed by atoms with van der Waals surface area (Å²) in [6.07, 6.45) is 0.573. The van der Waals surface area contributed by atoms with Crippen LogP contribution in [0.4, 0.5) is 0 Å². The summed E-state index contributed by atoms with van der Waals surface area (Å²) in [5, 5.41) is 15.6. The molecular weight excluding hydrogens is 308 g/mol. The van der Waals surface area contributed by atoms with E-state index in [-0.39, 0.29) is 0 Å². The molecule has 0 aliphatic rings. The zero-order valence-corrected chi connectivity index (χ0v) is 13.5. The molecule has 0 fully saturated rings. The third kappa shape index (κ3) is 3.33. The molecule has 8 heteroatoms. The lowest BCUT2D eigenvalue weighted by molar-refractivity contribution is 0.392. The third-order valence-corrected chi connectivity index (χ3v) is 4.64. The average molecular weight is 322 g/mol. The Morgan fingerprint density at radius 1 is 1.24 bits per heavy atom. The van der Waals surface area contributed by atoms with Gasteiger partial charge in [0.25, 0.3) is 5.22 Å². The highest BCUT2D eigenvalue weighted by molar-refractivity contribution is 7.98. The van der Waals surface area contributed by atoms with Crippen LogP contribution in [0.1, 0.15) is 33.6 Å². The first-order valence-electron chi connectivity index (χ1n) is 6.39. The summed E-state index contributed by atoms with van der Waals surface area (Å²) in [5.41, 5.74) is 2.94. The molecule has 0 aliphatic carbocycles. The number of thiazole rings is 1. The van der Waals surface area contributed by atoms with Crippen LogP contribution < -0.4 is 0 Å². The molecule has 0 atom stereocenters. The molecule has 0 amide bonds. The lowest BCUT2D eigenvalue weighted by Crippen LogP contribution is -1.88. The van der Waals surface area contributed by atoms with Crippen molar-refractivity contribution in [2.45, 2.75) is 38.2 Å². The number of aromatic nitrogens is 4. The van der Waals surface area contributed by atoms with Crippen molar-refractivity contribution in [2.24, 2.45) is 0 Å². The summed E-state index contributed by atoms with van der Waals surface area (Å²) in [7, 11) is 0. The maximum Gasteiger partial charge on any atom is 0.276 e. The van der Waals surface area contributed by atoms with E-state index in [2.05, 4.69) is 20.3 Å². The quantitative estimate of drug-likeness (QED) is 0.667. The number of aryl methyl sites for hydroxylation is 3. The molecule has 0 N–H and O–H groups in total. The molecule has 21 heavy (non-hydrogen) atoms. The summed E-state index contributed by atoms with van der Waals surface area (Å²) >= 11 is 3.10. The highest BCUT2D eigenvalue weighted by atomic mass is 32.2. The maximum absolute atomic E-state index is 5.63. The first kappa shape index (κ1) is 14.3. The Hall–Kier alpha value is -1.67. The monoisotopic (exact) mass is 322 g/mol. The molecule has 0 radical (unpaired) electrons. The van der Waals surface area contributed by atoms with Gasteiger partial charge in [0, 0.05) is 16.7 Å². The predicted octanol–water partition coefficient (Wildman–Crippen LogP) is 3.32. The van der Waals surface area contributed by atoms with Gasteiger partial charge in [-0.25, -0.2) is 4.98 Å². The van der Waals surface area contributed by atoms with E-state index in [1.54, 1.807) is 11.3 Å². The third-order valence-electron chi connectivity index (χ3n) is 2.97. The minimum absolute atomic E-state index is 0.553. The minimum Gasteiger partial charge on any atom is -0.416 e. The van der Waals surface area contributed by atoms with E-state index in [4.69, 9.17) is 8.94 Å². The van der Waals surface area contributed by atoms with Gasteiger partial charge < -0.3 is 8.94 Å². The molecule has 110 valence electrons. The lowest BCUT2D eigenvalue weighted by Gasteiger charge is -1.95. The predicted molar refractivity (Wildman–Crippen MR) is 79.5 cm³/mol. The van der Waals surface area contributed by atoms with Gasteiger partial charge in [-0.3, -0.25) is 0 Å². The average Bonchev–Trinajstić information content (AvgIpc) is 3.13. The molecule has 3 heterocycles. The number of thioether (sulfide) groups is 1. The first-order chi connectivity index (χ1) is 10.1. The van der Waals surface area contributed by atoms with Crippen LogP contribution in [0.15, 0.2) is 19.5 Å². The van der Waals surface area contributed by atoms with E-state index in [0.717, 1.165) is 27.7 Å². The Morgan fingerprint density at radius 2 is 2.10 bits per heavy atom. The van der Waals surface area contributed by atoms with E-state index < -0.39 is 0 Å². The summed E-state index contributed by atoms with van der Waals surface area (Å²) in [4.78, 5) is 4.39. The van der Waals surface area contributed by atoms with Crippen molar-refractivity contribution in [1.29, 1.82) is 0 Å². The summed E-state index contributed by atoms with van der Waals surface area (Å²) < 4.78 is 10.8. The second kappa shape index (κ2) is 5.98. The first-order valence-corrected chi connectivity index (χ1v) is 8.26. The topological polar surface area (TPSA) is 77.8 Å². The van der Waals surface area contributed by atoms with E-state index in [1.807, 2.05) is 26.2 Å². The Labute approximate surface area is 130 Å². The Bertz CT molecular complexity index is 728. The number of nitrogens with zero attached hydrogens (tertiary/aromatic N) is 4. The molecule has 6 nitrogen and oxygen atoms in total. The van der Waals surface area contributed by atoms with Crippen LogP contribution >= 0.6 is 23.1 Å². The van der Waals surface area contributed by atoms with Gasteiger partial charge in [0.2, 0.25) is 5.89 Å². The van der Waals surface area contributed by atoms with Crippen LogP contribution in [0.5, 0.6) is 0 Å². The van der Waals surface area contributed by atoms with Gasteiger partial charge in [-0.2, -0.15) is 0 Å². The van der Waals surface area contributed by atoms with E-state index in [1.165, 1.54) is 11.8 Å². The molecule has 0 spiro atoms. The van der Waals surface area contributed by atoms with Crippen molar-refractivity contribution < 1.29 is 8.94 Å². The standard InChI is InChI=1S/C13H14N4O2S2/c1-7-11(8(2)19-17-7)6-21-13-16-15-12(18-13)4-10-5-20-9(3)14-10/h5H,4,6H2,1-3H3. The number of rotatable bonds is 5. The second-order valence-corrected chi connectivity index (χ2v) is 6.58. The van der Waals surface area contributed by atoms with Gasteiger partial charge in [-0.15, -0.1) is 21.5 Å². The van der Waals surface area contributed by atoms with Gasteiger partial charge in [0.1, 0.15) is 5.76 Å². The lowest BCUT2D eigenvalue weighted by atomic mass is 10.2. The van der Waals surface area contributed by atoms with Crippen LogP contribution in [-0.4, -0.2) is 20.3 Å². The van der Waals surface area contributed by atoms with Crippen molar-refractivity contribution in [3.05, 3.63) is 39.0 Å². The van der Waals surface area contributed by atoms with E-state index >= 15 is 0 Å². The maximum atomic E-state index is 5.63. The highest BCUT2D eigenvalue weighted by Crippen LogP contribution is 2.25. The molecule has 3 aromatic rings. The van der Waals surface area contributed by atoms with Crippen LogP contribution in [0.2, 0.25) is 0 Å². The molecule has 0 unspecified atom stereocenters. The molecule has 3 aromatic heterocycles. The fourth-order valence-corrected chi connectivity index (χ4v) is 3.40. The second-order valence-electron chi connectivity index (χ2n) is 4.59. The van der Waals surface area contributed by atoms with Crippen LogP contribution in [-0.2, 0) is 12.2 Å². The molecule has 0 aliphatic heterocycles. The minimum atomic E-state index is 0.553. The summed E-state index contributed by atoms with van der Waals surface area (Å²) in [6, 6.07) is 0. The molecule has 0 aromatic carbocycles. The summed E-state index contributed by atoms with van der Waals surface area (Å²) in [5.74, 6) is 2.12. The van der Waals surface area contributed by atoms with Crippen molar-refractivity contribution in [1.82, 2.24) is 20.3 Å². The zero-order valence-electron chi connectivity index (χ0n) is 11.9. The normalized spacial score (nSPS) is 11.2. The highest BCUT2D eigenvalue weighted by Gasteiger charge is 2.13. The molecule has 0 saturated heterocycles. The van der Waals surface area contributed by atoms with E-state index in [9.17, 15) is 0 Å².